The third-order valence-corrected chi connectivity index (χ3v) is 4.49. The van der Waals surface area contributed by atoms with E-state index in [1.807, 2.05) is 6.92 Å². The first-order valence-corrected chi connectivity index (χ1v) is 8.37. The van der Waals surface area contributed by atoms with Crippen molar-refractivity contribution in [3.05, 3.63) is 59.9 Å². The van der Waals surface area contributed by atoms with Crippen LogP contribution in [0.4, 0.5) is 0 Å². The molecule has 9 heteroatoms. The zero-order valence-corrected chi connectivity index (χ0v) is 13.7. The first-order valence-electron chi connectivity index (χ1n) is 6.48. The lowest BCUT2D eigenvalue weighted by Gasteiger charge is -2.12. The maximum Gasteiger partial charge on any atom is 0.269 e. The van der Waals surface area contributed by atoms with Crippen LogP contribution in [-0.2, 0) is 10.0 Å². The molecule has 3 N–H and O–H groups in total. The fourth-order valence-electron chi connectivity index (χ4n) is 1.61. The molecule has 23 heavy (non-hydrogen) atoms. The summed E-state index contributed by atoms with van der Waals surface area (Å²) in [7, 11) is -3.80. The number of aryl methyl sites for hydroxylation is 1. The van der Waals surface area contributed by atoms with E-state index in [1.165, 1.54) is 36.7 Å². The van der Waals surface area contributed by atoms with Gasteiger partial charge in [-0.1, -0.05) is 17.7 Å². The molecule has 1 aromatic carbocycles. The largest absolute Gasteiger partial charge is 0.273 e. The fraction of sp³-hybridized carbons (Fsp3) is 0.0714. The highest BCUT2D eigenvalue weighted by atomic mass is 32.2. The molecule has 2 rings (SSSR count). The fourth-order valence-corrected chi connectivity index (χ4v) is 2.90. The number of thiocarbonyl (C=S) groups is 1. The summed E-state index contributed by atoms with van der Waals surface area (Å²) in [5, 5.41) is -0.243. The smallest absolute Gasteiger partial charge is 0.269 e. The van der Waals surface area contributed by atoms with Crippen LogP contribution in [0.15, 0.2) is 53.7 Å². The number of hydrazine groups is 1. The normalized spacial score (nSPS) is 10.7. The van der Waals surface area contributed by atoms with E-state index in [0.29, 0.717) is 5.56 Å². The maximum atomic E-state index is 12.1. The van der Waals surface area contributed by atoms with Gasteiger partial charge in [0.25, 0.3) is 15.9 Å². The Morgan fingerprint density at radius 3 is 2.26 bits per heavy atom. The quantitative estimate of drug-likeness (QED) is 0.561. The first kappa shape index (κ1) is 16.8. The minimum atomic E-state index is -3.80. The Morgan fingerprint density at radius 2 is 1.65 bits per heavy atom. The molecule has 1 heterocycles. The standard InChI is InChI=1S/C14H14N4O3S2/c1-10-2-4-12(5-3-10)23(20,21)18-14(22)17-16-13(19)11-6-8-15-9-7-11/h2-9H,1H3,(H,16,19)(H2,17,18,22). The van der Waals surface area contributed by atoms with Gasteiger partial charge in [0.05, 0.1) is 4.90 Å². The highest BCUT2D eigenvalue weighted by Gasteiger charge is 2.15. The monoisotopic (exact) mass is 350 g/mol. The Bertz CT molecular complexity index is 806. The SMILES string of the molecule is Cc1ccc(S(=O)(=O)NC(=S)NNC(=O)c2ccncc2)cc1. The van der Waals surface area contributed by atoms with Gasteiger partial charge in [-0.3, -0.25) is 25.4 Å². The summed E-state index contributed by atoms with van der Waals surface area (Å²) in [5.74, 6) is -0.468. The molecule has 0 spiro atoms. The van der Waals surface area contributed by atoms with E-state index in [-0.39, 0.29) is 10.0 Å². The Hall–Kier alpha value is -2.52. The number of nitrogens with one attached hydrogen (secondary N) is 3. The molecule has 1 amide bonds. The number of benzene rings is 1. The highest BCUT2D eigenvalue weighted by molar-refractivity contribution is 7.91. The van der Waals surface area contributed by atoms with Gasteiger partial charge in [-0.25, -0.2) is 8.42 Å². The highest BCUT2D eigenvalue weighted by Crippen LogP contribution is 2.09. The summed E-state index contributed by atoms with van der Waals surface area (Å²) in [6.07, 6.45) is 2.93. The average molecular weight is 350 g/mol. The molecule has 2 aromatic rings. The minimum Gasteiger partial charge on any atom is -0.273 e. The summed E-state index contributed by atoms with van der Waals surface area (Å²) in [4.78, 5) is 15.7. The lowest BCUT2D eigenvalue weighted by molar-refractivity contribution is 0.0943. The zero-order valence-electron chi connectivity index (χ0n) is 12.1. The summed E-state index contributed by atoms with van der Waals surface area (Å²) >= 11 is 4.87. The van der Waals surface area contributed by atoms with Crippen LogP contribution in [0.2, 0.25) is 0 Å². The average Bonchev–Trinajstić information content (AvgIpc) is 2.53. The van der Waals surface area contributed by atoms with E-state index in [2.05, 4.69) is 20.6 Å². The summed E-state index contributed by atoms with van der Waals surface area (Å²) < 4.78 is 26.4. The van der Waals surface area contributed by atoms with Gasteiger partial charge in [-0.05, 0) is 43.4 Å². The second-order valence-electron chi connectivity index (χ2n) is 4.56. The van der Waals surface area contributed by atoms with Gasteiger partial charge in [0.2, 0.25) is 0 Å². The minimum absolute atomic E-state index is 0.0766. The number of pyridine rings is 1. The van der Waals surface area contributed by atoms with Crippen LogP contribution in [0, 0.1) is 6.92 Å². The Kier molecular flexibility index (Phi) is 5.24. The van der Waals surface area contributed by atoms with E-state index < -0.39 is 15.9 Å². The predicted octanol–water partition coefficient (Wildman–Crippen LogP) is 0.888. The van der Waals surface area contributed by atoms with Crippen molar-refractivity contribution in [2.75, 3.05) is 0 Å². The number of sulfonamides is 1. The molecule has 1 aromatic heterocycles. The lowest BCUT2D eigenvalue weighted by atomic mass is 10.2. The molecular weight excluding hydrogens is 336 g/mol. The van der Waals surface area contributed by atoms with E-state index in [9.17, 15) is 13.2 Å². The van der Waals surface area contributed by atoms with Crippen LogP contribution in [0.5, 0.6) is 0 Å². The van der Waals surface area contributed by atoms with Crippen LogP contribution >= 0.6 is 12.2 Å². The van der Waals surface area contributed by atoms with Crippen LogP contribution < -0.4 is 15.6 Å². The van der Waals surface area contributed by atoms with Crippen molar-refractivity contribution in [1.29, 1.82) is 0 Å². The maximum absolute atomic E-state index is 12.1. The topological polar surface area (TPSA) is 100 Å². The van der Waals surface area contributed by atoms with Gasteiger partial charge in [0, 0.05) is 18.0 Å². The van der Waals surface area contributed by atoms with Gasteiger partial charge in [0.15, 0.2) is 5.11 Å². The number of amides is 1. The number of nitrogens with zero attached hydrogens (tertiary/aromatic N) is 1. The predicted molar refractivity (Wildman–Crippen MR) is 88.9 cm³/mol. The summed E-state index contributed by atoms with van der Waals surface area (Å²) in [6, 6.07) is 9.31. The van der Waals surface area contributed by atoms with E-state index in [0.717, 1.165) is 5.56 Å². The second kappa shape index (κ2) is 7.16. The van der Waals surface area contributed by atoms with Crippen LogP contribution in [0.3, 0.4) is 0 Å². The van der Waals surface area contributed by atoms with Crippen molar-refractivity contribution in [1.82, 2.24) is 20.6 Å². The molecule has 0 saturated carbocycles. The Morgan fingerprint density at radius 1 is 1.04 bits per heavy atom. The summed E-state index contributed by atoms with van der Waals surface area (Å²) in [5.41, 5.74) is 5.93. The van der Waals surface area contributed by atoms with Crippen LogP contribution in [0.25, 0.3) is 0 Å². The molecule has 120 valence electrons. The second-order valence-corrected chi connectivity index (χ2v) is 6.65. The number of aromatic nitrogens is 1. The number of hydrogen-bond acceptors (Lipinski definition) is 5. The molecule has 0 bridgehead atoms. The van der Waals surface area contributed by atoms with Crippen molar-refractivity contribution >= 4 is 33.3 Å². The van der Waals surface area contributed by atoms with Gasteiger partial charge in [0.1, 0.15) is 0 Å². The van der Waals surface area contributed by atoms with Crippen molar-refractivity contribution < 1.29 is 13.2 Å². The van der Waals surface area contributed by atoms with Crippen molar-refractivity contribution in [3.63, 3.8) is 0 Å². The van der Waals surface area contributed by atoms with Crippen LogP contribution in [-0.4, -0.2) is 24.4 Å². The van der Waals surface area contributed by atoms with Gasteiger partial charge in [-0.15, -0.1) is 0 Å². The molecule has 0 saturated heterocycles. The number of hydrogen-bond donors (Lipinski definition) is 3. The molecule has 0 radical (unpaired) electrons. The third kappa shape index (κ3) is 4.73. The third-order valence-electron chi connectivity index (χ3n) is 2.79. The molecule has 0 aliphatic heterocycles. The molecule has 0 aliphatic carbocycles. The van der Waals surface area contributed by atoms with Crippen molar-refractivity contribution in [2.24, 2.45) is 0 Å². The Labute approximate surface area is 139 Å². The van der Waals surface area contributed by atoms with E-state index >= 15 is 0 Å². The molecular formula is C14H14N4O3S2. The molecule has 0 unspecified atom stereocenters. The molecule has 0 fully saturated rings. The molecule has 0 aliphatic rings. The summed E-state index contributed by atoms with van der Waals surface area (Å²) in [6.45, 7) is 1.85. The van der Waals surface area contributed by atoms with Crippen molar-refractivity contribution in [3.8, 4) is 0 Å². The van der Waals surface area contributed by atoms with Gasteiger partial charge < -0.3 is 0 Å². The first-order chi connectivity index (χ1) is 10.9. The molecule has 7 nitrogen and oxygen atoms in total. The lowest BCUT2D eigenvalue weighted by Crippen LogP contribution is -2.48. The van der Waals surface area contributed by atoms with Crippen molar-refractivity contribution in [2.45, 2.75) is 11.8 Å². The van der Waals surface area contributed by atoms with E-state index in [4.69, 9.17) is 12.2 Å². The van der Waals surface area contributed by atoms with Gasteiger partial charge in [-0.2, -0.15) is 0 Å². The van der Waals surface area contributed by atoms with Gasteiger partial charge >= 0.3 is 0 Å². The van der Waals surface area contributed by atoms with Crippen LogP contribution in [0.1, 0.15) is 15.9 Å². The number of carbonyl (C=O) groups is 1. The zero-order chi connectivity index (χ0) is 16.9. The Balaban J connectivity index is 1.94. The number of carbonyl (C=O) groups excluding carboxylic acids is 1. The molecule has 0 atom stereocenters. The number of rotatable bonds is 3. The van der Waals surface area contributed by atoms with E-state index in [1.54, 1.807) is 12.1 Å².